The van der Waals surface area contributed by atoms with E-state index in [9.17, 15) is 13.2 Å². The third kappa shape index (κ3) is 8.33. The first kappa shape index (κ1) is 36.4. The molecule has 280 valence electrons. The molecule has 3 aromatic heterocycles. The van der Waals surface area contributed by atoms with Crippen LogP contribution in [-0.4, -0.2) is 64.8 Å². The van der Waals surface area contributed by atoms with Crippen LogP contribution in [0.5, 0.6) is 5.75 Å². The predicted octanol–water partition coefficient (Wildman–Crippen LogP) is 6.81. The number of carbonyl (C=O) groups is 1. The second-order valence-corrected chi connectivity index (χ2v) is 16.7. The van der Waals surface area contributed by atoms with Crippen molar-refractivity contribution in [1.82, 2.24) is 29.7 Å². The lowest BCUT2D eigenvalue weighted by molar-refractivity contribution is 0.171. The van der Waals surface area contributed by atoms with Crippen LogP contribution >= 0.6 is 0 Å². The van der Waals surface area contributed by atoms with Crippen molar-refractivity contribution in [3.05, 3.63) is 94.8 Å². The molecule has 2 amide bonds. The van der Waals surface area contributed by atoms with Crippen molar-refractivity contribution in [2.45, 2.75) is 83.8 Å². The van der Waals surface area contributed by atoms with E-state index in [0.29, 0.717) is 25.1 Å². The molecule has 7 rings (SSSR count). The van der Waals surface area contributed by atoms with Crippen LogP contribution in [-0.2, 0) is 26.1 Å². The molecule has 2 atom stereocenters. The molecule has 0 radical (unpaired) electrons. The molecule has 0 saturated carbocycles. The minimum Gasteiger partial charge on any atom is -0.484 e. The molecular weight excluding hydrogens is 693 g/mol. The Morgan fingerprint density at radius 3 is 2.49 bits per heavy atom. The van der Waals surface area contributed by atoms with E-state index in [4.69, 9.17) is 14.0 Å². The lowest BCUT2D eigenvalue weighted by Crippen LogP contribution is -2.36. The average Bonchev–Trinajstić information content (AvgIpc) is 3.75. The number of nitrogens with zero attached hydrogens (tertiary/aromatic N) is 6. The van der Waals surface area contributed by atoms with Gasteiger partial charge in [-0.3, -0.25) is 13.9 Å². The fraction of sp³-hybridized carbons (Fsp3) is 0.436. The number of nitrogens with one attached hydrogen (secondary N) is 2. The fourth-order valence-electron chi connectivity index (χ4n) is 7.13. The predicted molar refractivity (Wildman–Crippen MR) is 204 cm³/mol. The average molecular weight is 741 g/mol. The Morgan fingerprint density at radius 1 is 0.962 bits per heavy atom. The lowest BCUT2D eigenvalue weighted by atomic mass is 9.85. The van der Waals surface area contributed by atoms with Crippen molar-refractivity contribution in [3.63, 3.8) is 0 Å². The van der Waals surface area contributed by atoms with E-state index in [2.05, 4.69) is 58.6 Å². The maximum atomic E-state index is 13.7. The molecule has 2 aliphatic rings. The summed E-state index contributed by atoms with van der Waals surface area (Å²) in [5, 5.41) is 20.0. The summed E-state index contributed by atoms with van der Waals surface area (Å²) in [4.78, 5) is 16.0. The van der Waals surface area contributed by atoms with Crippen molar-refractivity contribution in [3.8, 4) is 11.4 Å². The number of aryl methyl sites for hydroxylation is 1. The van der Waals surface area contributed by atoms with Crippen molar-refractivity contribution >= 4 is 33.6 Å². The normalized spacial score (nSPS) is 17.8. The first-order valence-corrected chi connectivity index (χ1v) is 20.1. The van der Waals surface area contributed by atoms with E-state index in [1.165, 1.54) is 6.42 Å². The van der Waals surface area contributed by atoms with Crippen molar-refractivity contribution in [2.75, 3.05) is 36.2 Å². The van der Waals surface area contributed by atoms with Gasteiger partial charge in [0.25, 0.3) is 10.1 Å². The molecule has 14 heteroatoms. The molecule has 0 bridgehead atoms. The number of ether oxygens (including phenoxy) is 1. The van der Waals surface area contributed by atoms with Crippen LogP contribution in [0.1, 0.15) is 93.0 Å². The SMILES string of the molecule is Cc1ccc(-n2nc(C(C)(C)C)cc2NC(=O)N[C@H]2CC[C@@H](Oc3ccc4nnc(N5CCCCC5)n4c3)c3ccccc32)cc1CCOS(C)(=O)=O. The van der Waals surface area contributed by atoms with E-state index < -0.39 is 10.1 Å². The van der Waals surface area contributed by atoms with Gasteiger partial charge in [0.15, 0.2) is 5.65 Å². The Hall–Kier alpha value is -4.95. The number of hydrogen-bond donors (Lipinski definition) is 2. The number of aromatic nitrogens is 5. The molecule has 0 unspecified atom stereocenters. The number of piperidine rings is 1. The highest BCUT2D eigenvalue weighted by atomic mass is 32.2. The number of fused-ring (bicyclic) bond motifs is 2. The zero-order valence-electron chi connectivity index (χ0n) is 31.0. The molecule has 13 nitrogen and oxygen atoms in total. The van der Waals surface area contributed by atoms with Gasteiger partial charge in [0, 0.05) is 24.6 Å². The van der Waals surface area contributed by atoms with Gasteiger partial charge in [-0.05, 0) is 92.0 Å². The first-order valence-electron chi connectivity index (χ1n) is 18.3. The van der Waals surface area contributed by atoms with E-state index in [-0.39, 0.29) is 30.2 Å². The number of anilines is 2. The van der Waals surface area contributed by atoms with E-state index in [0.717, 1.165) is 83.2 Å². The van der Waals surface area contributed by atoms with Gasteiger partial charge in [-0.1, -0.05) is 51.1 Å². The zero-order valence-corrected chi connectivity index (χ0v) is 31.8. The van der Waals surface area contributed by atoms with Gasteiger partial charge in [-0.15, -0.1) is 10.2 Å². The number of urea groups is 1. The molecule has 1 aliphatic carbocycles. The number of pyridine rings is 1. The summed E-state index contributed by atoms with van der Waals surface area (Å²) in [6, 6.07) is 19.2. The highest BCUT2D eigenvalue weighted by Crippen LogP contribution is 2.39. The Bertz CT molecular complexity index is 2220. The maximum absolute atomic E-state index is 13.7. The fourth-order valence-corrected chi connectivity index (χ4v) is 7.52. The molecule has 5 aromatic rings. The summed E-state index contributed by atoms with van der Waals surface area (Å²) in [6.45, 7) is 10.2. The van der Waals surface area contributed by atoms with Gasteiger partial charge in [-0.2, -0.15) is 13.5 Å². The van der Waals surface area contributed by atoms with Crippen LogP contribution in [0.4, 0.5) is 16.6 Å². The maximum Gasteiger partial charge on any atom is 0.320 e. The number of rotatable bonds is 10. The Morgan fingerprint density at radius 2 is 1.74 bits per heavy atom. The molecule has 53 heavy (non-hydrogen) atoms. The van der Waals surface area contributed by atoms with Crippen LogP contribution in [0.3, 0.4) is 0 Å². The van der Waals surface area contributed by atoms with Gasteiger partial charge < -0.3 is 15.0 Å². The van der Waals surface area contributed by atoms with Gasteiger partial charge in [-0.25, -0.2) is 9.48 Å². The summed E-state index contributed by atoms with van der Waals surface area (Å²) in [7, 11) is -3.55. The quantitative estimate of drug-likeness (QED) is 0.148. The van der Waals surface area contributed by atoms with E-state index >= 15 is 0 Å². The monoisotopic (exact) mass is 740 g/mol. The summed E-state index contributed by atoms with van der Waals surface area (Å²) in [5.41, 5.74) is 6.04. The van der Waals surface area contributed by atoms with Crippen molar-refractivity contribution < 1.29 is 22.1 Å². The van der Waals surface area contributed by atoms with Gasteiger partial charge in [0.1, 0.15) is 17.7 Å². The standard InChI is InChI=1S/C39H48N8O5S/c1-26-13-14-28(23-27(26)19-22-51-53(5,49)50)47-36(24-34(44-47)39(2,3)4)41-37(48)40-32-16-17-33(31-12-8-7-11-30(31)32)52-29-15-18-35-42-43-38(46(35)25-29)45-20-9-6-10-21-45/h7-8,11-15,18,23-25,32-33H,6,9-10,16-17,19-22H2,1-5H3,(H2,40,41,48)/t32-,33+/m0/s1. The third-order valence-corrected chi connectivity index (χ3v) is 10.6. The highest BCUT2D eigenvalue weighted by molar-refractivity contribution is 7.85. The van der Waals surface area contributed by atoms with Crippen molar-refractivity contribution in [2.24, 2.45) is 0 Å². The smallest absolute Gasteiger partial charge is 0.320 e. The topological polar surface area (TPSA) is 145 Å². The van der Waals surface area contributed by atoms with Crippen LogP contribution in [0.15, 0.2) is 66.9 Å². The Balaban J connectivity index is 1.08. The Kier molecular flexibility index (Phi) is 10.2. The number of hydrogen-bond acceptors (Lipinski definition) is 9. The second kappa shape index (κ2) is 14.8. The largest absolute Gasteiger partial charge is 0.484 e. The number of benzene rings is 2. The molecule has 4 heterocycles. The molecule has 1 fully saturated rings. The minimum atomic E-state index is -3.55. The molecule has 2 aromatic carbocycles. The van der Waals surface area contributed by atoms with Gasteiger partial charge in [0.2, 0.25) is 5.95 Å². The van der Waals surface area contributed by atoms with Crippen molar-refractivity contribution in [1.29, 1.82) is 0 Å². The molecular formula is C39H48N8O5S. The third-order valence-electron chi connectivity index (χ3n) is 9.98. The summed E-state index contributed by atoms with van der Waals surface area (Å²) in [6.07, 6.45) is 8.19. The number of carbonyl (C=O) groups excluding carboxylic acids is 1. The minimum absolute atomic E-state index is 0.0365. The van der Waals surface area contributed by atoms with E-state index in [1.54, 1.807) is 4.68 Å². The molecule has 2 N–H and O–H groups in total. The van der Waals surface area contributed by atoms with Gasteiger partial charge in [0.05, 0.1) is 36.5 Å². The highest BCUT2D eigenvalue weighted by Gasteiger charge is 2.30. The summed E-state index contributed by atoms with van der Waals surface area (Å²) < 4.78 is 38.4. The lowest BCUT2D eigenvalue weighted by Gasteiger charge is -2.32. The number of amides is 2. The van der Waals surface area contributed by atoms with E-state index in [1.807, 2.05) is 66.1 Å². The molecule has 0 spiro atoms. The Labute approximate surface area is 310 Å². The first-order chi connectivity index (χ1) is 25.3. The van der Waals surface area contributed by atoms with Crippen LogP contribution in [0.2, 0.25) is 0 Å². The second-order valence-electron chi connectivity index (χ2n) is 15.1. The summed E-state index contributed by atoms with van der Waals surface area (Å²) >= 11 is 0. The van der Waals surface area contributed by atoms with Crippen LogP contribution in [0.25, 0.3) is 11.3 Å². The van der Waals surface area contributed by atoms with Gasteiger partial charge >= 0.3 is 6.03 Å². The van der Waals surface area contributed by atoms with Crippen LogP contribution < -0.4 is 20.3 Å². The molecule has 1 saturated heterocycles. The summed E-state index contributed by atoms with van der Waals surface area (Å²) in [5.74, 6) is 2.11. The molecule has 1 aliphatic heterocycles. The van der Waals surface area contributed by atoms with Crippen LogP contribution in [0, 0.1) is 6.92 Å². The zero-order chi connectivity index (χ0) is 37.3.